The molecule has 0 unspecified atom stereocenters. The van der Waals surface area contributed by atoms with Crippen LogP contribution in [-0.4, -0.2) is 19.4 Å². The van der Waals surface area contributed by atoms with Gasteiger partial charge in [0.1, 0.15) is 6.61 Å². The van der Waals surface area contributed by atoms with Gasteiger partial charge < -0.3 is 9.47 Å². The standard InChI is InChI=1S/C19H18BrNO2/c1-4-10-23-19-17(20)11-15(12-18(19)22-5-2)13-21-16-8-6-14(3)7-9-16/h1,6-9,11-13H,5,10H2,2-3H3. The molecule has 3 nitrogen and oxygen atoms in total. The van der Waals surface area contributed by atoms with Crippen LogP contribution in [0, 0.1) is 19.3 Å². The Balaban J connectivity index is 2.28. The third-order valence-electron chi connectivity index (χ3n) is 3.03. The first kappa shape index (κ1) is 17.1. The summed E-state index contributed by atoms with van der Waals surface area (Å²) in [4.78, 5) is 4.48. The van der Waals surface area contributed by atoms with Crippen molar-refractivity contribution in [2.45, 2.75) is 13.8 Å². The predicted octanol–water partition coefficient (Wildman–Crippen LogP) is 4.92. The zero-order valence-electron chi connectivity index (χ0n) is 13.2. The fourth-order valence-corrected chi connectivity index (χ4v) is 2.53. The fraction of sp³-hybridized carbons (Fsp3) is 0.211. The van der Waals surface area contributed by atoms with Crippen LogP contribution in [0.5, 0.6) is 11.5 Å². The molecule has 4 heteroatoms. The fourth-order valence-electron chi connectivity index (χ4n) is 1.96. The van der Waals surface area contributed by atoms with Gasteiger partial charge in [-0.1, -0.05) is 23.6 Å². The van der Waals surface area contributed by atoms with E-state index in [-0.39, 0.29) is 6.61 Å². The first-order valence-corrected chi connectivity index (χ1v) is 8.06. The van der Waals surface area contributed by atoms with Crippen molar-refractivity contribution in [3.63, 3.8) is 0 Å². The Kier molecular flexibility index (Phi) is 6.25. The molecule has 0 aliphatic heterocycles. The summed E-state index contributed by atoms with van der Waals surface area (Å²) in [6, 6.07) is 11.8. The van der Waals surface area contributed by atoms with E-state index in [2.05, 4.69) is 26.8 Å². The Morgan fingerprint density at radius 1 is 1.22 bits per heavy atom. The second kappa shape index (κ2) is 8.40. The molecular formula is C19H18BrNO2. The second-order valence-corrected chi connectivity index (χ2v) is 5.70. The van der Waals surface area contributed by atoms with E-state index in [4.69, 9.17) is 15.9 Å². The van der Waals surface area contributed by atoms with Crippen molar-refractivity contribution < 1.29 is 9.47 Å². The number of aliphatic imine (C=N–C) groups is 1. The summed E-state index contributed by atoms with van der Waals surface area (Å²) in [5, 5.41) is 0. The van der Waals surface area contributed by atoms with Gasteiger partial charge in [0.25, 0.3) is 0 Å². The molecule has 0 N–H and O–H groups in total. The van der Waals surface area contributed by atoms with Gasteiger partial charge in [0, 0.05) is 6.21 Å². The Morgan fingerprint density at radius 3 is 2.61 bits per heavy atom. The van der Waals surface area contributed by atoms with Crippen LogP contribution in [0.3, 0.4) is 0 Å². The second-order valence-electron chi connectivity index (χ2n) is 4.85. The SMILES string of the molecule is C#CCOc1c(Br)cc(C=Nc2ccc(C)cc2)cc1OCC. The average Bonchev–Trinajstić information content (AvgIpc) is 2.54. The van der Waals surface area contributed by atoms with E-state index in [1.54, 1.807) is 6.21 Å². The van der Waals surface area contributed by atoms with E-state index in [1.807, 2.05) is 50.2 Å². The number of aryl methyl sites for hydroxylation is 1. The summed E-state index contributed by atoms with van der Waals surface area (Å²) >= 11 is 3.50. The van der Waals surface area contributed by atoms with Gasteiger partial charge in [0.2, 0.25) is 0 Å². The van der Waals surface area contributed by atoms with E-state index < -0.39 is 0 Å². The number of rotatable bonds is 6. The zero-order valence-corrected chi connectivity index (χ0v) is 14.8. The van der Waals surface area contributed by atoms with Crippen molar-refractivity contribution in [3.8, 4) is 23.8 Å². The molecule has 2 aromatic rings. The lowest BCUT2D eigenvalue weighted by Crippen LogP contribution is -2.01. The van der Waals surface area contributed by atoms with E-state index in [0.29, 0.717) is 18.1 Å². The molecule has 0 aromatic heterocycles. The lowest BCUT2D eigenvalue weighted by Gasteiger charge is -2.13. The van der Waals surface area contributed by atoms with Crippen molar-refractivity contribution in [3.05, 3.63) is 52.0 Å². The molecule has 2 rings (SSSR count). The van der Waals surface area contributed by atoms with Gasteiger partial charge in [-0.2, -0.15) is 0 Å². The highest BCUT2D eigenvalue weighted by molar-refractivity contribution is 9.10. The number of benzene rings is 2. The van der Waals surface area contributed by atoms with Gasteiger partial charge in [-0.25, -0.2) is 0 Å². The van der Waals surface area contributed by atoms with Gasteiger partial charge >= 0.3 is 0 Å². The van der Waals surface area contributed by atoms with Crippen molar-refractivity contribution in [2.24, 2.45) is 4.99 Å². The van der Waals surface area contributed by atoms with Crippen LogP contribution in [0.2, 0.25) is 0 Å². The molecule has 23 heavy (non-hydrogen) atoms. The van der Waals surface area contributed by atoms with E-state index in [1.165, 1.54) is 5.56 Å². The van der Waals surface area contributed by atoms with Crippen LogP contribution < -0.4 is 9.47 Å². The van der Waals surface area contributed by atoms with E-state index >= 15 is 0 Å². The van der Waals surface area contributed by atoms with Gasteiger partial charge in [0.15, 0.2) is 11.5 Å². The molecule has 0 amide bonds. The van der Waals surface area contributed by atoms with Crippen molar-refractivity contribution in [1.82, 2.24) is 0 Å². The lowest BCUT2D eigenvalue weighted by molar-refractivity contribution is 0.298. The van der Waals surface area contributed by atoms with Crippen LogP contribution in [0.1, 0.15) is 18.1 Å². The van der Waals surface area contributed by atoms with Crippen molar-refractivity contribution >= 4 is 27.8 Å². The van der Waals surface area contributed by atoms with Gasteiger partial charge in [-0.3, -0.25) is 4.99 Å². The minimum absolute atomic E-state index is 0.190. The Morgan fingerprint density at radius 2 is 1.96 bits per heavy atom. The summed E-state index contributed by atoms with van der Waals surface area (Å²) in [5.41, 5.74) is 3.02. The monoisotopic (exact) mass is 371 g/mol. The maximum absolute atomic E-state index is 5.64. The maximum Gasteiger partial charge on any atom is 0.176 e. The third kappa shape index (κ3) is 4.87. The lowest BCUT2D eigenvalue weighted by atomic mass is 10.2. The van der Waals surface area contributed by atoms with Crippen LogP contribution in [-0.2, 0) is 0 Å². The van der Waals surface area contributed by atoms with Crippen LogP contribution in [0.25, 0.3) is 0 Å². The Labute approximate surface area is 145 Å². The number of terminal acetylenes is 1. The molecule has 0 saturated heterocycles. The summed E-state index contributed by atoms with van der Waals surface area (Å²) < 4.78 is 12.0. The molecule has 0 bridgehead atoms. The normalized spacial score (nSPS) is 10.5. The summed E-state index contributed by atoms with van der Waals surface area (Å²) in [6.45, 7) is 4.70. The predicted molar refractivity (Wildman–Crippen MR) is 98.1 cm³/mol. The van der Waals surface area contributed by atoms with Gasteiger partial charge in [0.05, 0.1) is 16.8 Å². The average molecular weight is 372 g/mol. The third-order valence-corrected chi connectivity index (χ3v) is 3.62. The summed E-state index contributed by atoms with van der Waals surface area (Å²) in [5.74, 6) is 3.70. The molecule has 2 aromatic carbocycles. The Bertz CT molecular complexity index is 730. The largest absolute Gasteiger partial charge is 0.490 e. The molecule has 0 atom stereocenters. The molecule has 0 radical (unpaired) electrons. The highest BCUT2D eigenvalue weighted by Gasteiger charge is 2.11. The molecule has 0 aliphatic rings. The number of nitrogens with zero attached hydrogens (tertiary/aromatic N) is 1. The molecule has 118 valence electrons. The number of halogens is 1. The highest BCUT2D eigenvalue weighted by Crippen LogP contribution is 2.36. The van der Waals surface area contributed by atoms with Crippen LogP contribution in [0.15, 0.2) is 45.9 Å². The van der Waals surface area contributed by atoms with Gasteiger partial charge in [-0.15, -0.1) is 6.42 Å². The number of hydrogen-bond donors (Lipinski definition) is 0. The number of ether oxygens (including phenoxy) is 2. The summed E-state index contributed by atoms with van der Waals surface area (Å²) in [7, 11) is 0. The van der Waals surface area contributed by atoms with Crippen molar-refractivity contribution in [1.29, 1.82) is 0 Å². The number of hydrogen-bond acceptors (Lipinski definition) is 3. The van der Waals surface area contributed by atoms with E-state index in [0.717, 1.165) is 15.7 Å². The quantitative estimate of drug-likeness (QED) is 0.532. The highest BCUT2D eigenvalue weighted by atomic mass is 79.9. The molecular weight excluding hydrogens is 354 g/mol. The molecule has 0 spiro atoms. The molecule has 0 heterocycles. The summed E-state index contributed by atoms with van der Waals surface area (Å²) in [6.07, 6.45) is 7.05. The van der Waals surface area contributed by atoms with E-state index in [9.17, 15) is 0 Å². The topological polar surface area (TPSA) is 30.8 Å². The van der Waals surface area contributed by atoms with Crippen LogP contribution in [0.4, 0.5) is 5.69 Å². The molecule has 0 saturated carbocycles. The van der Waals surface area contributed by atoms with Crippen molar-refractivity contribution in [2.75, 3.05) is 13.2 Å². The minimum Gasteiger partial charge on any atom is -0.490 e. The first-order chi connectivity index (χ1) is 11.1. The Hall–Kier alpha value is -2.25. The molecule has 0 fully saturated rings. The molecule has 0 aliphatic carbocycles. The smallest absolute Gasteiger partial charge is 0.176 e. The van der Waals surface area contributed by atoms with Crippen LogP contribution >= 0.6 is 15.9 Å². The minimum atomic E-state index is 0.190. The first-order valence-electron chi connectivity index (χ1n) is 7.27. The zero-order chi connectivity index (χ0) is 16.7. The maximum atomic E-state index is 5.64. The van der Waals surface area contributed by atoms with Gasteiger partial charge in [-0.05, 0) is 59.6 Å².